The number of methoxy groups -OCH3 is 1. The topological polar surface area (TPSA) is 35.5 Å². The van der Waals surface area contributed by atoms with Crippen LogP contribution in [-0.2, 0) is 23.2 Å². The Morgan fingerprint density at radius 3 is 2.45 bits per heavy atom. The molecule has 0 bridgehead atoms. The molecule has 2 fully saturated rings. The van der Waals surface area contributed by atoms with E-state index in [9.17, 15) is 4.79 Å². The van der Waals surface area contributed by atoms with Crippen molar-refractivity contribution in [1.29, 1.82) is 0 Å². The van der Waals surface area contributed by atoms with Gasteiger partial charge in [-0.15, -0.1) is 0 Å². The average Bonchev–Trinajstić information content (AvgIpc) is 3.12. The van der Waals surface area contributed by atoms with E-state index in [0.717, 1.165) is 35.6 Å². The van der Waals surface area contributed by atoms with E-state index in [1.54, 1.807) is 0 Å². The number of rotatable bonds is 4. The molecule has 3 nitrogen and oxygen atoms in total. The van der Waals surface area contributed by atoms with Crippen LogP contribution in [0.5, 0.6) is 5.75 Å². The van der Waals surface area contributed by atoms with Crippen LogP contribution in [0.4, 0.5) is 0 Å². The Bertz CT molecular complexity index is 1060. The molecule has 3 aliphatic rings. The van der Waals surface area contributed by atoms with Crippen LogP contribution in [-0.4, -0.2) is 13.1 Å². The molecule has 33 heavy (non-hydrogen) atoms. The van der Waals surface area contributed by atoms with Gasteiger partial charge in [0.15, 0.2) is 0 Å². The van der Waals surface area contributed by atoms with Crippen LogP contribution in [0.25, 0.3) is 0 Å². The van der Waals surface area contributed by atoms with Crippen LogP contribution >= 0.6 is 0 Å². The first-order chi connectivity index (χ1) is 15.7. The van der Waals surface area contributed by atoms with Gasteiger partial charge < -0.3 is 9.47 Å². The van der Waals surface area contributed by atoms with Gasteiger partial charge in [0.1, 0.15) is 12.4 Å². The van der Waals surface area contributed by atoms with E-state index in [4.69, 9.17) is 9.47 Å². The lowest BCUT2D eigenvalue weighted by atomic mass is 9.43. The molecule has 0 amide bonds. The first kappa shape index (κ1) is 22.5. The maximum Gasteiger partial charge on any atom is 0.338 e. The summed E-state index contributed by atoms with van der Waals surface area (Å²) in [6.45, 7) is 10.5. The summed E-state index contributed by atoms with van der Waals surface area (Å²) in [6, 6.07) is 14.3. The molecule has 0 heterocycles. The van der Waals surface area contributed by atoms with Crippen molar-refractivity contribution in [2.45, 2.75) is 78.2 Å². The highest BCUT2D eigenvalue weighted by Gasteiger charge is 2.62. The average molecular weight is 447 g/mol. The largest absolute Gasteiger partial charge is 0.489 e. The quantitative estimate of drug-likeness (QED) is 0.470. The molecule has 5 rings (SSSR count). The van der Waals surface area contributed by atoms with Crippen molar-refractivity contribution in [1.82, 2.24) is 0 Å². The van der Waals surface area contributed by atoms with Crippen molar-refractivity contribution in [3.8, 4) is 5.75 Å². The van der Waals surface area contributed by atoms with Gasteiger partial charge in [-0.25, -0.2) is 4.79 Å². The molecule has 0 aromatic heterocycles. The number of hydrogen-bond donors (Lipinski definition) is 0. The molecule has 2 aromatic carbocycles. The van der Waals surface area contributed by atoms with Gasteiger partial charge in [0, 0.05) is 0 Å². The van der Waals surface area contributed by atoms with E-state index in [1.165, 1.54) is 43.9 Å². The Labute approximate surface area is 198 Å². The van der Waals surface area contributed by atoms with E-state index >= 15 is 0 Å². The lowest BCUT2D eigenvalue weighted by molar-refractivity contribution is -0.0984. The first-order valence-electron chi connectivity index (χ1n) is 12.6. The van der Waals surface area contributed by atoms with E-state index < -0.39 is 0 Å². The third-order valence-electron chi connectivity index (χ3n) is 9.69. The maximum atomic E-state index is 12.9. The van der Waals surface area contributed by atoms with Crippen molar-refractivity contribution in [3.63, 3.8) is 0 Å². The monoisotopic (exact) mass is 446 g/mol. The Morgan fingerprint density at radius 2 is 1.73 bits per heavy atom. The summed E-state index contributed by atoms with van der Waals surface area (Å²) in [5.74, 6) is 1.95. The molecular formula is C30H38O3. The molecule has 3 heteroatoms. The van der Waals surface area contributed by atoms with Crippen LogP contribution in [0.15, 0.2) is 42.5 Å². The van der Waals surface area contributed by atoms with E-state index in [0.29, 0.717) is 17.9 Å². The number of carbonyl (C=O) groups excluding carboxylic acids is 1. The van der Waals surface area contributed by atoms with E-state index in [2.05, 4.69) is 39.8 Å². The maximum absolute atomic E-state index is 12.9. The van der Waals surface area contributed by atoms with Gasteiger partial charge in [-0.3, -0.25) is 0 Å². The number of fused-ring (bicyclic) bond motifs is 5. The minimum Gasteiger partial charge on any atom is -0.489 e. The number of ether oxygens (including phenoxy) is 2. The van der Waals surface area contributed by atoms with Gasteiger partial charge in [-0.2, -0.15) is 0 Å². The molecule has 0 spiro atoms. The molecule has 0 N–H and O–H groups in total. The summed E-state index contributed by atoms with van der Waals surface area (Å²) in [5.41, 5.74) is 4.97. The zero-order valence-corrected chi connectivity index (χ0v) is 20.9. The zero-order chi connectivity index (χ0) is 23.4. The SMILES string of the molecule is COC(=O)c1ccc(OCc2ccccc2)c2c1[C@@]1(C)CC[C@H]3C(C)(C)CCC[C@]3(C)[C@H]1C2. The lowest BCUT2D eigenvalue weighted by Crippen LogP contribution is -2.55. The third kappa shape index (κ3) is 3.42. The van der Waals surface area contributed by atoms with Crippen molar-refractivity contribution < 1.29 is 14.3 Å². The molecule has 0 saturated heterocycles. The molecular weight excluding hydrogens is 408 g/mol. The number of hydrogen-bond acceptors (Lipinski definition) is 3. The highest BCUT2D eigenvalue weighted by Crippen LogP contribution is 2.68. The fraction of sp³-hybridized carbons (Fsp3) is 0.567. The normalized spacial score (nSPS) is 31.8. The Morgan fingerprint density at radius 1 is 0.970 bits per heavy atom. The Hall–Kier alpha value is -2.29. The Balaban J connectivity index is 1.58. The van der Waals surface area contributed by atoms with Crippen molar-refractivity contribution in [2.75, 3.05) is 7.11 Å². The second-order valence-corrected chi connectivity index (χ2v) is 11.8. The molecule has 2 aromatic rings. The minimum absolute atomic E-state index is 0.0242. The predicted octanol–water partition coefficient (Wildman–Crippen LogP) is 7.11. The summed E-state index contributed by atoms with van der Waals surface area (Å²) in [4.78, 5) is 12.9. The second-order valence-electron chi connectivity index (χ2n) is 11.8. The molecule has 0 radical (unpaired) electrons. The summed E-state index contributed by atoms with van der Waals surface area (Å²) < 4.78 is 11.7. The second kappa shape index (κ2) is 7.89. The van der Waals surface area contributed by atoms with Crippen LogP contribution in [0.3, 0.4) is 0 Å². The smallest absolute Gasteiger partial charge is 0.338 e. The number of carbonyl (C=O) groups is 1. The van der Waals surface area contributed by atoms with E-state index in [-0.39, 0.29) is 16.8 Å². The first-order valence-corrected chi connectivity index (χ1v) is 12.6. The molecule has 3 aliphatic carbocycles. The van der Waals surface area contributed by atoms with Crippen LogP contribution in [0.2, 0.25) is 0 Å². The van der Waals surface area contributed by atoms with Gasteiger partial charge in [0.2, 0.25) is 0 Å². The van der Waals surface area contributed by atoms with Crippen molar-refractivity contribution in [3.05, 3.63) is 64.7 Å². The molecule has 176 valence electrons. The van der Waals surface area contributed by atoms with Gasteiger partial charge in [0.25, 0.3) is 0 Å². The zero-order valence-electron chi connectivity index (χ0n) is 20.9. The van der Waals surface area contributed by atoms with E-state index in [1.807, 2.05) is 30.3 Å². The molecule has 0 unspecified atom stereocenters. The van der Waals surface area contributed by atoms with Gasteiger partial charge in [-0.05, 0) is 89.0 Å². The van der Waals surface area contributed by atoms with Crippen LogP contribution in [0, 0.1) is 22.7 Å². The fourth-order valence-electron chi connectivity index (χ4n) is 8.25. The summed E-state index contributed by atoms with van der Waals surface area (Å²) in [5, 5.41) is 0. The van der Waals surface area contributed by atoms with Crippen LogP contribution in [0.1, 0.15) is 86.8 Å². The van der Waals surface area contributed by atoms with Crippen molar-refractivity contribution in [2.24, 2.45) is 22.7 Å². The van der Waals surface area contributed by atoms with Gasteiger partial charge >= 0.3 is 5.97 Å². The van der Waals surface area contributed by atoms with Gasteiger partial charge in [0.05, 0.1) is 12.7 Å². The van der Waals surface area contributed by atoms with Crippen molar-refractivity contribution >= 4 is 5.97 Å². The van der Waals surface area contributed by atoms with Crippen LogP contribution < -0.4 is 4.74 Å². The highest BCUT2D eigenvalue weighted by molar-refractivity contribution is 5.92. The molecule has 4 atom stereocenters. The molecule has 2 saturated carbocycles. The summed E-state index contributed by atoms with van der Waals surface area (Å²) >= 11 is 0. The third-order valence-corrected chi connectivity index (χ3v) is 9.69. The lowest BCUT2D eigenvalue weighted by Gasteiger charge is -2.61. The predicted molar refractivity (Wildman–Crippen MR) is 132 cm³/mol. The standard InChI is InChI=1S/C30H38O3/c1-28(2)15-9-16-29(3)24(28)14-17-30(4)25(29)18-22-23(33-19-20-10-7-6-8-11-20)13-12-21(26(22)30)27(31)32-5/h6-8,10-13,24-25H,9,14-19H2,1-5H3/t24-,25+,29-,30-/m0/s1. The van der Waals surface area contributed by atoms with Gasteiger partial charge in [-0.1, -0.05) is 64.4 Å². The fourth-order valence-corrected chi connectivity index (χ4v) is 8.25. The number of esters is 1. The minimum atomic E-state index is -0.223. The Kier molecular flexibility index (Phi) is 5.38. The summed E-state index contributed by atoms with van der Waals surface area (Å²) in [7, 11) is 1.49. The molecule has 0 aliphatic heterocycles. The number of benzene rings is 2. The highest BCUT2D eigenvalue weighted by atomic mass is 16.5. The summed E-state index contributed by atoms with van der Waals surface area (Å²) in [6.07, 6.45) is 7.24.